The molecule has 0 fully saturated rings. The first-order valence-corrected chi connectivity index (χ1v) is 11.2. The first-order valence-electron chi connectivity index (χ1n) is 9.67. The average molecular weight is 472 g/mol. The largest absolute Gasteiger partial charge is 0.465 e. The van der Waals surface area contributed by atoms with Crippen LogP contribution < -0.4 is 4.72 Å². The fraction of sp³-hybridized carbons (Fsp3) is 0.333. The summed E-state index contributed by atoms with van der Waals surface area (Å²) in [7, 11) is -3.81. The zero-order chi connectivity index (χ0) is 23.8. The van der Waals surface area contributed by atoms with E-state index in [1.54, 1.807) is 25.1 Å². The highest BCUT2D eigenvalue weighted by atomic mass is 32.2. The van der Waals surface area contributed by atoms with E-state index in [0.717, 1.165) is 17.0 Å². The molecule has 0 bridgehead atoms. The first-order chi connectivity index (χ1) is 15.0. The molecule has 0 radical (unpaired) electrons. The molecular formula is C21H23F3N2O5S. The Balaban J connectivity index is 2.05. The number of nitrogens with zero attached hydrogens (tertiary/aromatic N) is 1. The van der Waals surface area contributed by atoms with Gasteiger partial charge in [0.05, 0.1) is 17.1 Å². The van der Waals surface area contributed by atoms with Crippen molar-refractivity contribution in [1.29, 1.82) is 0 Å². The smallest absolute Gasteiger partial charge is 0.416 e. The topological polar surface area (TPSA) is 92.8 Å². The lowest BCUT2D eigenvalue weighted by Gasteiger charge is -2.22. The minimum atomic E-state index is -4.49. The number of sulfonamides is 1. The molecule has 0 aromatic heterocycles. The fourth-order valence-corrected chi connectivity index (χ4v) is 3.80. The predicted molar refractivity (Wildman–Crippen MR) is 110 cm³/mol. The van der Waals surface area contributed by atoms with Crippen molar-refractivity contribution in [2.24, 2.45) is 0 Å². The Morgan fingerprint density at radius 1 is 1.03 bits per heavy atom. The summed E-state index contributed by atoms with van der Waals surface area (Å²) in [6.45, 7) is 0.916. The van der Waals surface area contributed by atoms with E-state index in [9.17, 15) is 31.2 Å². The summed E-state index contributed by atoms with van der Waals surface area (Å²) < 4.78 is 69.9. The quantitative estimate of drug-likeness (QED) is 0.537. The van der Waals surface area contributed by atoms with Gasteiger partial charge in [-0.3, -0.25) is 9.59 Å². The highest BCUT2D eigenvalue weighted by molar-refractivity contribution is 7.89. The van der Waals surface area contributed by atoms with Gasteiger partial charge in [-0.25, -0.2) is 13.1 Å². The molecule has 2 aromatic rings. The number of ether oxygens (including phenoxy) is 1. The van der Waals surface area contributed by atoms with Crippen LogP contribution in [0.3, 0.4) is 0 Å². The highest BCUT2D eigenvalue weighted by Gasteiger charge is 2.30. The number of hydrogen-bond acceptors (Lipinski definition) is 5. The lowest BCUT2D eigenvalue weighted by atomic mass is 10.1. The monoisotopic (exact) mass is 472 g/mol. The average Bonchev–Trinajstić information content (AvgIpc) is 2.73. The van der Waals surface area contributed by atoms with Crippen LogP contribution in [0.15, 0.2) is 59.5 Å². The molecule has 0 saturated heterocycles. The van der Waals surface area contributed by atoms with Crippen molar-refractivity contribution in [2.75, 3.05) is 19.7 Å². The van der Waals surface area contributed by atoms with Crippen LogP contribution in [-0.2, 0) is 37.1 Å². The van der Waals surface area contributed by atoms with E-state index < -0.39 is 40.2 Å². The van der Waals surface area contributed by atoms with Gasteiger partial charge >= 0.3 is 12.1 Å². The molecular weight excluding hydrogens is 449 g/mol. The van der Waals surface area contributed by atoms with Crippen LogP contribution in [0.2, 0.25) is 0 Å². The Morgan fingerprint density at radius 3 is 2.22 bits per heavy atom. The molecule has 0 unspecified atom stereocenters. The summed E-state index contributed by atoms with van der Waals surface area (Å²) in [5, 5.41) is 0. The molecule has 0 aliphatic rings. The third-order valence-corrected chi connectivity index (χ3v) is 5.79. The van der Waals surface area contributed by atoms with Crippen molar-refractivity contribution in [1.82, 2.24) is 9.62 Å². The number of amides is 1. The number of benzene rings is 2. The Hall–Kier alpha value is -2.92. The van der Waals surface area contributed by atoms with E-state index in [1.165, 1.54) is 24.3 Å². The van der Waals surface area contributed by atoms with Crippen molar-refractivity contribution in [3.8, 4) is 0 Å². The minimum absolute atomic E-state index is 0.0422. The number of nitrogens with one attached hydrogen (secondary N) is 1. The van der Waals surface area contributed by atoms with E-state index >= 15 is 0 Å². The summed E-state index contributed by atoms with van der Waals surface area (Å²) in [4.78, 5) is 25.7. The van der Waals surface area contributed by atoms with Crippen molar-refractivity contribution < 1.29 is 35.9 Å². The standard InChI is InChI=1S/C21H23F3N2O5S/c1-2-31-20(28)15-26(14-16-8-10-17(11-9-16)21(22,23)24)19(27)12-13-25-32(29,30)18-6-4-3-5-7-18/h3-11,25H,2,12-15H2,1H3. The molecule has 2 aromatic carbocycles. The normalized spacial score (nSPS) is 11.8. The van der Waals surface area contributed by atoms with Crippen LogP contribution >= 0.6 is 0 Å². The SMILES string of the molecule is CCOC(=O)CN(Cc1ccc(C(F)(F)F)cc1)C(=O)CCNS(=O)(=O)c1ccccc1. The second kappa shape index (κ2) is 11.1. The predicted octanol–water partition coefficient (Wildman–Crippen LogP) is 2.97. The Bertz CT molecular complexity index is 1010. The molecule has 1 N–H and O–H groups in total. The second-order valence-corrected chi connectivity index (χ2v) is 8.48. The molecule has 1 amide bonds. The van der Waals surface area contributed by atoms with Crippen molar-refractivity contribution >= 4 is 21.9 Å². The third-order valence-electron chi connectivity index (χ3n) is 4.32. The highest BCUT2D eigenvalue weighted by Crippen LogP contribution is 2.29. The lowest BCUT2D eigenvalue weighted by Crippen LogP contribution is -2.38. The number of alkyl halides is 3. The molecule has 0 heterocycles. The van der Waals surface area contributed by atoms with Gasteiger partial charge in [-0.15, -0.1) is 0 Å². The Morgan fingerprint density at radius 2 is 1.66 bits per heavy atom. The number of hydrogen-bond donors (Lipinski definition) is 1. The van der Waals surface area contributed by atoms with Gasteiger partial charge in [-0.1, -0.05) is 30.3 Å². The zero-order valence-electron chi connectivity index (χ0n) is 17.3. The molecule has 11 heteroatoms. The molecule has 7 nitrogen and oxygen atoms in total. The van der Waals surface area contributed by atoms with Gasteiger partial charge in [-0.2, -0.15) is 13.2 Å². The van der Waals surface area contributed by atoms with E-state index in [2.05, 4.69) is 4.72 Å². The zero-order valence-corrected chi connectivity index (χ0v) is 18.1. The molecule has 0 aliphatic carbocycles. The number of rotatable bonds is 10. The fourth-order valence-electron chi connectivity index (χ4n) is 2.75. The van der Waals surface area contributed by atoms with E-state index in [0.29, 0.717) is 5.56 Å². The molecule has 0 spiro atoms. The van der Waals surface area contributed by atoms with E-state index in [1.807, 2.05) is 0 Å². The maximum atomic E-state index is 12.7. The second-order valence-electron chi connectivity index (χ2n) is 6.71. The molecule has 0 aliphatic heterocycles. The van der Waals surface area contributed by atoms with Gasteiger partial charge in [0, 0.05) is 19.5 Å². The number of esters is 1. The van der Waals surface area contributed by atoms with Gasteiger partial charge in [-0.05, 0) is 36.8 Å². The van der Waals surface area contributed by atoms with E-state index in [-0.39, 0.29) is 31.0 Å². The van der Waals surface area contributed by atoms with Crippen molar-refractivity contribution in [2.45, 2.75) is 31.0 Å². The third kappa shape index (κ3) is 7.65. The maximum absolute atomic E-state index is 12.7. The molecule has 2 rings (SSSR count). The van der Waals surface area contributed by atoms with Gasteiger partial charge in [0.2, 0.25) is 15.9 Å². The lowest BCUT2D eigenvalue weighted by molar-refractivity contribution is -0.149. The van der Waals surface area contributed by atoms with Gasteiger partial charge in [0.25, 0.3) is 0 Å². The van der Waals surface area contributed by atoms with Gasteiger partial charge in [0.1, 0.15) is 6.54 Å². The molecule has 174 valence electrons. The van der Waals surface area contributed by atoms with Crippen LogP contribution in [0.4, 0.5) is 13.2 Å². The molecule has 32 heavy (non-hydrogen) atoms. The number of halogens is 3. The maximum Gasteiger partial charge on any atom is 0.416 e. The summed E-state index contributed by atoms with van der Waals surface area (Å²) >= 11 is 0. The first kappa shape index (κ1) is 25.3. The van der Waals surface area contributed by atoms with Crippen LogP contribution in [-0.4, -0.2) is 44.9 Å². The van der Waals surface area contributed by atoms with Crippen LogP contribution in [0.1, 0.15) is 24.5 Å². The summed E-state index contributed by atoms with van der Waals surface area (Å²) in [5.74, 6) is -1.24. The minimum Gasteiger partial charge on any atom is -0.465 e. The number of carbonyl (C=O) groups excluding carboxylic acids is 2. The summed E-state index contributed by atoms with van der Waals surface area (Å²) in [6.07, 6.45) is -4.75. The van der Waals surface area contributed by atoms with E-state index in [4.69, 9.17) is 4.74 Å². The molecule has 0 atom stereocenters. The van der Waals surface area contributed by atoms with Gasteiger partial charge in [0.15, 0.2) is 0 Å². The number of carbonyl (C=O) groups is 2. The molecule has 0 saturated carbocycles. The van der Waals surface area contributed by atoms with Crippen LogP contribution in [0.5, 0.6) is 0 Å². The van der Waals surface area contributed by atoms with Crippen molar-refractivity contribution in [3.05, 3.63) is 65.7 Å². The Kier molecular flexibility index (Phi) is 8.79. The van der Waals surface area contributed by atoms with Crippen molar-refractivity contribution in [3.63, 3.8) is 0 Å². The van der Waals surface area contributed by atoms with Crippen LogP contribution in [0, 0.1) is 0 Å². The van der Waals surface area contributed by atoms with Crippen LogP contribution in [0.25, 0.3) is 0 Å². The van der Waals surface area contributed by atoms with Gasteiger partial charge < -0.3 is 9.64 Å². The Labute approximate surface area is 184 Å². The summed E-state index contributed by atoms with van der Waals surface area (Å²) in [6, 6.07) is 11.8. The summed E-state index contributed by atoms with van der Waals surface area (Å²) in [5.41, 5.74) is -0.458.